The van der Waals surface area contributed by atoms with Crippen LogP contribution in [0.3, 0.4) is 0 Å². The third-order valence-corrected chi connectivity index (χ3v) is 3.33. The molecule has 1 fully saturated rings. The molecule has 3 heterocycles. The second kappa shape index (κ2) is 5.17. The monoisotopic (exact) mass is 256 g/mol. The van der Waals surface area contributed by atoms with Gasteiger partial charge in [0.05, 0.1) is 12.2 Å². The number of hydrogen-bond donors (Lipinski definition) is 1. The molecule has 0 spiro atoms. The SMILES string of the molecule is CNc1ccnc([C@@H]2CCCN2c2cnccn2)n1. The molecule has 98 valence electrons. The van der Waals surface area contributed by atoms with Crippen molar-refractivity contribution in [1.29, 1.82) is 0 Å². The summed E-state index contributed by atoms with van der Waals surface area (Å²) in [4.78, 5) is 19.7. The average Bonchev–Trinajstić information content (AvgIpc) is 2.98. The third kappa shape index (κ3) is 2.33. The Morgan fingerprint density at radius 2 is 2.21 bits per heavy atom. The first-order valence-electron chi connectivity index (χ1n) is 6.42. The molecule has 0 unspecified atom stereocenters. The Bertz CT molecular complexity index is 544. The van der Waals surface area contributed by atoms with Crippen molar-refractivity contribution < 1.29 is 0 Å². The summed E-state index contributed by atoms with van der Waals surface area (Å²) in [6.07, 6.45) is 9.15. The fourth-order valence-corrected chi connectivity index (χ4v) is 2.42. The van der Waals surface area contributed by atoms with Gasteiger partial charge in [-0.05, 0) is 18.9 Å². The quantitative estimate of drug-likeness (QED) is 0.900. The Balaban J connectivity index is 1.90. The predicted octanol–water partition coefficient (Wildman–Crippen LogP) is 1.65. The van der Waals surface area contributed by atoms with Crippen LogP contribution in [0.2, 0.25) is 0 Å². The summed E-state index contributed by atoms with van der Waals surface area (Å²) < 4.78 is 0. The minimum atomic E-state index is 0.185. The van der Waals surface area contributed by atoms with Crippen LogP contribution in [0.4, 0.5) is 11.6 Å². The first kappa shape index (κ1) is 11.8. The van der Waals surface area contributed by atoms with Gasteiger partial charge in [-0.25, -0.2) is 15.0 Å². The maximum Gasteiger partial charge on any atom is 0.153 e. The lowest BCUT2D eigenvalue weighted by Gasteiger charge is -2.24. The molecule has 2 aromatic heterocycles. The van der Waals surface area contributed by atoms with Crippen molar-refractivity contribution in [2.24, 2.45) is 0 Å². The van der Waals surface area contributed by atoms with E-state index in [1.165, 1.54) is 0 Å². The molecule has 0 saturated carbocycles. The maximum atomic E-state index is 4.54. The summed E-state index contributed by atoms with van der Waals surface area (Å²) >= 11 is 0. The van der Waals surface area contributed by atoms with E-state index >= 15 is 0 Å². The van der Waals surface area contributed by atoms with E-state index in [9.17, 15) is 0 Å². The number of anilines is 2. The van der Waals surface area contributed by atoms with Gasteiger partial charge in [0.15, 0.2) is 5.82 Å². The van der Waals surface area contributed by atoms with Crippen LogP contribution < -0.4 is 10.2 Å². The molecule has 19 heavy (non-hydrogen) atoms. The van der Waals surface area contributed by atoms with Gasteiger partial charge in [0.2, 0.25) is 0 Å². The van der Waals surface area contributed by atoms with E-state index in [1.54, 1.807) is 24.8 Å². The molecule has 1 N–H and O–H groups in total. The number of rotatable bonds is 3. The van der Waals surface area contributed by atoms with Crippen LogP contribution in [0.1, 0.15) is 24.7 Å². The van der Waals surface area contributed by atoms with E-state index in [2.05, 4.69) is 30.2 Å². The number of aromatic nitrogens is 4. The standard InChI is InChI=1S/C13H16N6/c1-14-11-4-5-17-13(18-11)10-3-2-8-19(10)12-9-15-6-7-16-12/h4-7,9-10H,2-3,8H2,1H3,(H,14,17,18)/t10-/m0/s1. The Kier molecular flexibility index (Phi) is 3.22. The van der Waals surface area contributed by atoms with Gasteiger partial charge in [0.1, 0.15) is 11.6 Å². The average molecular weight is 256 g/mol. The van der Waals surface area contributed by atoms with Crippen molar-refractivity contribution in [3.05, 3.63) is 36.7 Å². The molecule has 1 atom stereocenters. The van der Waals surface area contributed by atoms with Crippen molar-refractivity contribution >= 4 is 11.6 Å². The van der Waals surface area contributed by atoms with Gasteiger partial charge in [-0.1, -0.05) is 0 Å². The number of nitrogens with zero attached hydrogens (tertiary/aromatic N) is 5. The number of hydrogen-bond acceptors (Lipinski definition) is 6. The molecule has 3 rings (SSSR count). The van der Waals surface area contributed by atoms with Gasteiger partial charge in [0, 0.05) is 32.2 Å². The second-order valence-corrected chi connectivity index (χ2v) is 4.47. The Morgan fingerprint density at radius 1 is 1.26 bits per heavy atom. The van der Waals surface area contributed by atoms with Crippen LogP contribution in [0.15, 0.2) is 30.9 Å². The highest BCUT2D eigenvalue weighted by Crippen LogP contribution is 2.33. The Labute approximate surface area is 111 Å². The van der Waals surface area contributed by atoms with E-state index in [0.717, 1.165) is 36.8 Å². The molecule has 0 amide bonds. The molecule has 0 aromatic carbocycles. The van der Waals surface area contributed by atoms with Crippen molar-refractivity contribution in [3.8, 4) is 0 Å². The Hall–Kier alpha value is -2.24. The first-order valence-corrected chi connectivity index (χ1v) is 6.42. The molecule has 0 radical (unpaired) electrons. The highest BCUT2D eigenvalue weighted by molar-refractivity contribution is 5.41. The van der Waals surface area contributed by atoms with Gasteiger partial charge in [0.25, 0.3) is 0 Å². The summed E-state index contributed by atoms with van der Waals surface area (Å²) in [6, 6.07) is 2.05. The normalized spacial score (nSPS) is 18.6. The maximum absolute atomic E-state index is 4.54. The second-order valence-electron chi connectivity index (χ2n) is 4.47. The van der Waals surface area contributed by atoms with Crippen molar-refractivity contribution in [2.75, 3.05) is 23.8 Å². The molecular weight excluding hydrogens is 240 g/mol. The summed E-state index contributed by atoms with van der Waals surface area (Å²) in [5.74, 6) is 2.58. The molecule has 0 aliphatic carbocycles. The molecule has 6 heteroatoms. The molecule has 1 saturated heterocycles. The van der Waals surface area contributed by atoms with E-state index in [1.807, 2.05) is 13.1 Å². The zero-order valence-electron chi connectivity index (χ0n) is 10.8. The van der Waals surface area contributed by atoms with E-state index in [4.69, 9.17) is 0 Å². The lowest BCUT2D eigenvalue weighted by atomic mass is 10.2. The Morgan fingerprint density at radius 3 is 3.00 bits per heavy atom. The van der Waals surface area contributed by atoms with E-state index in [0.29, 0.717) is 0 Å². The summed E-state index contributed by atoms with van der Waals surface area (Å²) in [7, 11) is 1.86. The van der Waals surface area contributed by atoms with E-state index in [-0.39, 0.29) is 6.04 Å². The molecule has 1 aliphatic rings. The topological polar surface area (TPSA) is 66.8 Å². The van der Waals surface area contributed by atoms with Crippen LogP contribution in [0, 0.1) is 0 Å². The fourth-order valence-electron chi connectivity index (χ4n) is 2.42. The van der Waals surface area contributed by atoms with Gasteiger partial charge in [-0.2, -0.15) is 0 Å². The molecule has 6 nitrogen and oxygen atoms in total. The first-order chi connectivity index (χ1) is 9.38. The molecule has 1 aliphatic heterocycles. The summed E-state index contributed by atoms with van der Waals surface area (Å²) in [5, 5.41) is 3.05. The zero-order chi connectivity index (χ0) is 13.1. The largest absolute Gasteiger partial charge is 0.373 e. The fraction of sp³-hybridized carbons (Fsp3) is 0.385. The lowest BCUT2D eigenvalue weighted by Crippen LogP contribution is -2.25. The van der Waals surface area contributed by atoms with Crippen molar-refractivity contribution in [3.63, 3.8) is 0 Å². The lowest BCUT2D eigenvalue weighted by molar-refractivity contribution is 0.660. The van der Waals surface area contributed by atoms with Gasteiger partial charge in [-0.3, -0.25) is 4.98 Å². The van der Waals surface area contributed by atoms with Crippen LogP contribution in [0.25, 0.3) is 0 Å². The van der Waals surface area contributed by atoms with Crippen LogP contribution in [-0.4, -0.2) is 33.5 Å². The highest BCUT2D eigenvalue weighted by atomic mass is 15.3. The van der Waals surface area contributed by atoms with Crippen LogP contribution in [0.5, 0.6) is 0 Å². The highest BCUT2D eigenvalue weighted by Gasteiger charge is 2.29. The predicted molar refractivity (Wildman–Crippen MR) is 72.9 cm³/mol. The van der Waals surface area contributed by atoms with E-state index < -0.39 is 0 Å². The van der Waals surface area contributed by atoms with Crippen molar-refractivity contribution in [2.45, 2.75) is 18.9 Å². The molecular formula is C13H16N6. The summed E-state index contributed by atoms with van der Waals surface area (Å²) in [5.41, 5.74) is 0. The molecule has 2 aromatic rings. The van der Waals surface area contributed by atoms with Crippen LogP contribution >= 0.6 is 0 Å². The van der Waals surface area contributed by atoms with Crippen LogP contribution in [-0.2, 0) is 0 Å². The summed E-state index contributed by atoms with van der Waals surface area (Å²) in [6.45, 7) is 0.969. The smallest absolute Gasteiger partial charge is 0.153 e. The third-order valence-electron chi connectivity index (χ3n) is 3.33. The minimum absolute atomic E-state index is 0.185. The minimum Gasteiger partial charge on any atom is -0.373 e. The molecule has 0 bridgehead atoms. The number of nitrogens with one attached hydrogen (secondary N) is 1. The zero-order valence-corrected chi connectivity index (χ0v) is 10.8. The van der Waals surface area contributed by atoms with Gasteiger partial charge >= 0.3 is 0 Å². The van der Waals surface area contributed by atoms with Crippen molar-refractivity contribution in [1.82, 2.24) is 19.9 Å². The van der Waals surface area contributed by atoms with Gasteiger partial charge in [-0.15, -0.1) is 0 Å². The van der Waals surface area contributed by atoms with Gasteiger partial charge < -0.3 is 10.2 Å².